The fraction of sp³-hybridized carbons (Fsp3) is 0.488. The predicted molar refractivity (Wildman–Crippen MR) is 208 cm³/mol. The van der Waals surface area contributed by atoms with E-state index < -0.39 is 16.8 Å². The van der Waals surface area contributed by atoms with Gasteiger partial charge in [-0.05, 0) is 81.4 Å². The summed E-state index contributed by atoms with van der Waals surface area (Å²) in [5, 5.41) is 21.3. The van der Waals surface area contributed by atoms with Crippen LogP contribution in [0.25, 0.3) is 11.3 Å². The lowest BCUT2D eigenvalue weighted by Crippen LogP contribution is -2.44. The van der Waals surface area contributed by atoms with Crippen molar-refractivity contribution in [1.29, 1.82) is 0 Å². The van der Waals surface area contributed by atoms with E-state index >= 15 is 4.39 Å². The number of unbranched alkanes of at least 4 members (excludes halogenated alkanes) is 5. The van der Waals surface area contributed by atoms with Crippen molar-refractivity contribution in [2.24, 2.45) is 13.0 Å². The normalized spacial score (nSPS) is 16.5. The molecule has 2 aliphatic rings. The number of ether oxygens (including phenoxy) is 2. The Morgan fingerprint density at radius 1 is 0.946 bits per heavy atom. The second-order valence-corrected chi connectivity index (χ2v) is 14.7. The number of anilines is 1. The van der Waals surface area contributed by atoms with Crippen LogP contribution in [0.5, 0.6) is 5.75 Å². The zero-order valence-electron chi connectivity index (χ0n) is 31.9. The second-order valence-electron chi connectivity index (χ2n) is 14.7. The monoisotopic (exact) mass is 770 g/mol. The maximum atomic E-state index is 15.0. The molecule has 4 aromatic rings. The smallest absolute Gasteiger partial charge is 0.412 e. The number of carbonyl (C=O) groups is 2. The average molecular weight is 771 g/mol. The third-order valence-electron chi connectivity index (χ3n) is 10.5. The number of nitrogens with zero attached hydrogens (tertiary/aromatic N) is 6. The van der Waals surface area contributed by atoms with Gasteiger partial charge in [-0.1, -0.05) is 56.0 Å². The van der Waals surface area contributed by atoms with Crippen LogP contribution < -0.4 is 15.4 Å². The Hall–Kier alpha value is -5.60. The van der Waals surface area contributed by atoms with Gasteiger partial charge in [-0.15, -0.1) is 0 Å². The van der Waals surface area contributed by atoms with Crippen LogP contribution in [0.2, 0.25) is 0 Å². The van der Waals surface area contributed by atoms with Gasteiger partial charge in [-0.3, -0.25) is 14.8 Å². The highest BCUT2D eigenvalue weighted by Gasteiger charge is 2.31. The molecule has 56 heavy (non-hydrogen) atoms. The first-order chi connectivity index (χ1) is 27.2. The van der Waals surface area contributed by atoms with E-state index in [1.165, 1.54) is 43.3 Å². The number of nitro groups is 1. The molecule has 2 fully saturated rings. The molecule has 0 saturated heterocycles. The number of nitro benzene ring substituents is 1. The molecule has 2 aromatic heterocycles. The highest BCUT2D eigenvalue weighted by atomic mass is 19.1. The van der Waals surface area contributed by atoms with Crippen LogP contribution in [0.3, 0.4) is 0 Å². The summed E-state index contributed by atoms with van der Waals surface area (Å²) in [7, 11) is 1.89. The Morgan fingerprint density at radius 3 is 2.38 bits per heavy atom. The zero-order chi connectivity index (χ0) is 39.3. The van der Waals surface area contributed by atoms with Crippen LogP contribution in [-0.4, -0.2) is 67.0 Å². The standard InChI is InChI=1S/C41H51FN8O6/c1-48-37(25-29-13-14-29)35(26-45-48)38-36(42)27-44-39(47-38)46-31-15-17-32(18-16-31)49(28-30-11-7-6-8-12-30)41(52)55-24-10-5-3-2-4-9-23-43-40(51)56-34-21-19-33(20-22-34)50(53)54/h6-8,11-12,19-22,26-27,29,31-32H,2-5,9-10,13-18,23-25,28H2,1H3,(H,43,51)(H,44,46,47). The number of hydrogen-bond acceptors (Lipinski definition) is 10. The molecule has 14 nitrogen and oxygen atoms in total. The first kappa shape index (κ1) is 40.1. The van der Waals surface area contributed by atoms with Crippen molar-refractivity contribution in [3.8, 4) is 17.0 Å². The third kappa shape index (κ3) is 11.7. The summed E-state index contributed by atoms with van der Waals surface area (Å²) >= 11 is 0. The maximum absolute atomic E-state index is 15.0. The highest BCUT2D eigenvalue weighted by molar-refractivity contribution is 5.70. The lowest BCUT2D eigenvalue weighted by atomic mass is 9.90. The molecule has 2 aromatic carbocycles. The van der Waals surface area contributed by atoms with Crippen LogP contribution in [0, 0.1) is 21.8 Å². The van der Waals surface area contributed by atoms with E-state index in [0.29, 0.717) is 31.6 Å². The molecule has 2 amide bonds. The van der Waals surface area contributed by atoms with Crippen LogP contribution in [-0.2, 0) is 24.8 Å². The summed E-state index contributed by atoms with van der Waals surface area (Å²) in [5.41, 5.74) is 2.96. The van der Waals surface area contributed by atoms with E-state index in [1.54, 1.807) is 6.20 Å². The third-order valence-corrected chi connectivity index (χ3v) is 10.5. The first-order valence-electron chi connectivity index (χ1n) is 19.7. The van der Waals surface area contributed by atoms with Crippen molar-refractivity contribution in [2.75, 3.05) is 18.5 Å². The summed E-state index contributed by atoms with van der Waals surface area (Å²) in [4.78, 5) is 46.5. The number of non-ortho nitro benzene ring substituents is 1. The number of aromatic nitrogens is 4. The molecule has 0 spiro atoms. The minimum atomic E-state index is -0.598. The predicted octanol–water partition coefficient (Wildman–Crippen LogP) is 8.37. The molecular weight excluding hydrogens is 719 g/mol. The van der Waals surface area contributed by atoms with Crippen molar-refractivity contribution in [3.63, 3.8) is 0 Å². The lowest BCUT2D eigenvalue weighted by molar-refractivity contribution is -0.384. The van der Waals surface area contributed by atoms with Crippen LogP contribution >= 0.6 is 0 Å². The largest absolute Gasteiger partial charge is 0.449 e. The van der Waals surface area contributed by atoms with E-state index in [0.717, 1.165) is 87.4 Å². The van der Waals surface area contributed by atoms with Gasteiger partial charge in [-0.25, -0.2) is 23.9 Å². The number of aryl methyl sites for hydroxylation is 1. The lowest BCUT2D eigenvalue weighted by Gasteiger charge is -2.36. The molecular formula is C41H51FN8O6. The minimum absolute atomic E-state index is 0.0193. The summed E-state index contributed by atoms with van der Waals surface area (Å²) in [6.07, 6.45) is 13.8. The molecule has 0 aliphatic heterocycles. The molecule has 2 aliphatic carbocycles. The Balaban J connectivity index is 0.902. The SMILES string of the molecule is Cn1ncc(-c2nc(NC3CCC(N(Cc4ccccc4)C(=O)OCCCCCCCCNC(=O)Oc4ccc([N+](=O)[O-])cc4)CC3)ncc2F)c1CC1CC1. The van der Waals surface area contributed by atoms with Gasteiger partial charge < -0.3 is 25.0 Å². The van der Waals surface area contributed by atoms with Crippen molar-refractivity contribution in [1.82, 2.24) is 30.0 Å². The van der Waals surface area contributed by atoms with Gasteiger partial charge in [0.1, 0.15) is 11.4 Å². The van der Waals surface area contributed by atoms with E-state index in [9.17, 15) is 19.7 Å². The molecule has 2 N–H and O–H groups in total. The van der Waals surface area contributed by atoms with Gasteiger partial charge in [0.05, 0.1) is 23.9 Å². The average Bonchev–Trinajstić information content (AvgIpc) is 3.96. The summed E-state index contributed by atoms with van der Waals surface area (Å²) < 4.78 is 27.8. The van der Waals surface area contributed by atoms with Gasteiger partial charge in [0.15, 0.2) is 5.82 Å². The quantitative estimate of drug-likeness (QED) is 0.0537. The van der Waals surface area contributed by atoms with Gasteiger partial charge >= 0.3 is 12.2 Å². The van der Waals surface area contributed by atoms with Crippen LogP contribution in [0.4, 0.5) is 25.6 Å². The van der Waals surface area contributed by atoms with Crippen molar-refractivity contribution >= 4 is 23.8 Å². The Labute approximate surface area is 326 Å². The zero-order valence-corrected chi connectivity index (χ0v) is 31.9. The topological polar surface area (TPSA) is 167 Å². The highest BCUT2D eigenvalue weighted by Crippen LogP contribution is 2.36. The Morgan fingerprint density at radius 2 is 1.66 bits per heavy atom. The van der Waals surface area contributed by atoms with E-state index in [1.807, 2.05) is 47.0 Å². The van der Waals surface area contributed by atoms with Crippen molar-refractivity contribution < 1.29 is 28.4 Å². The number of amides is 2. The molecule has 2 heterocycles. The number of carbonyl (C=O) groups excluding carboxylic acids is 2. The Bertz CT molecular complexity index is 1900. The van der Waals surface area contributed by atoms with Crippen molar-refractivity contribution in [3.05, 3.63) is 94.2 Å². The number of hydrogen-bond donors (Lipinski definition) is 2. The fourth-order valence-corrected chi connectivity index (χ4v) is 7.11. The molecule has 0 atom stereocenters. The molecule has 298 valence electrons. The molecule has 2 saturated carbocycles. The Kier molecular flexibility index (Phi) is 14.2. The van der Waals surface area contributed by atoms with Crippen LogP contribution in [0.1, 0.15) is 88.3 Å². The maximum Gasteiger partial charge on any atom is 0.412 e. The molecule has 15 heteroatoms. The summed E-state index contributed by atoms with van der Waals surface area (Å²) in [6, 6.07) is 15.4. The minimum Gasteiger partial charge on any atom is -0.449 e. The fourth-order valence-electron chi connectivity index (χ4n) is 7.11. The van der Waals surface area contributed by atoms with E-state index in [4.69, 9.17) is 9.47 Å². The van der Waals surface area contributed by atoms with Gasteiger partial charge in [0.25, 0.3) is 5.69 Å². The number of rotatable bonds is 19. The molecule has 0 bridgehead atoms. The van der Waals surface area contributed by atoms with Crippen molar-refractivity contribution in [2.45, 2.75) is 102 Å². The second kappa shape index (κ2) is 19.8. The first-order valence-corrected chi connectivity index (χ1v) is 19.7. The van der Waals surface area contributed by atoms with E-state index in [-0.39, 0.29) is 35.3 Å². The summed E-state index contributed by atoms with van der Waals surface area (Å²) in [6.45, 7) is 1.28. The van der Waals surface area contributed by atoms with Gasteiger partial charge in [-0.2, -0.15) is 5.10 Å². The van der Waals surface area contributed by atoms with E-state index in [2.05, 4.69) is 25.7 Å². The van der Waals surface area contributed by atoms with Crippen LogP contribution in [0.15, 0.2) is 67.0 Å². The molecule has 0 unspecified atom stereocenters. The summed E-state index contributed by atoms with van der Waals surface area (Å²) in [5.74, 6) is 0.794. The molecule has 6 rings (SSSR count). The van der Waals surface area contributed by atoms with Gasteiger partial charge in [0.2, 0.25) is 5.95 Å². The van der Waals surface area contributed by atoms with Gasteiger partial charge in [0, 0.05) is 55.6 Å². The number of nitrogens with one attached hydrogen (secondary N) is 2. The molecule has 0 radical (unpaired) electrons. The number of halogens is 1. The number of benzene rings is 2.